The highest BCUT2D eigenvalue weighted by molar-refractivity contribution is 7.99. The van der Waals surface area contributed by atoms with Crippen molar-refractivity contribution in [2.75, 3.05) is 0 Å². The van der Waals surface area contributed by atoms with Crippen LogP contribution in [0.25, 0.3) is 0 Å². The summed E-state index contributed by atoms with van der Waals surface area (Å²) in [6.07, 6.45) is 1.07. The average molecular weight is 244 g/mol. The third-order valence-electron chi connectivity index (χ3n) is 2.15. The van der Waals surface area contributed by atoms with E-state index in [0.29, 0.717) is 5.25 Å². The van der Waals surface area contributed by atoms with Gasteiger partial charge >= 0.3 is 0 Å². The molecule has 0 amide bonds. The van der Waals surface area contributed by atoms with E-state index in [1.54, 1.807) is 0 Å². The summed E-state index contributed by atoms with van der Waals surface area (Å²) in [5, 5.41) is 1.41. The molecule has 2 N–H and O–H groups in total. The van der Waals surface area contributed by atoms with Crippen molar-refractivity contribution in [2.24, 2.45) is 5.73 Å². The van der Waals surface area contributed by atoms with Gasteiger partial charge in [0.25, 0.3) is 0 Å². The van der Waals surface area contributed by atoms with Crippen LogP contribution in [0.5, 0.6) is 0 Å². The molecule has 1 rings (SSSR count). The maximum absolute atomic E-state index is 5.82. The third-order valence-corrected chi connectivity index (χ3v) is 3.66. The summed E-state index contributed by atoms with van der Waals surface area (Å²) < 4.78 is 0. The second-order valence-electron chi connectivity index (χ2n) is 3.96. The summed E-state index contributed by atoms with van der Waals surface area (Å²) in [7, 11) is 0. The number of benzene rings is 1. The molecule has 0 bridgehead atoms. The monoisotopic (exact) mass is 243 g/mol. The lowest BCUT2D eigenvalue weighted by molar-refractivity contribution is 0.663. The van der Waals surface area contributed by atoms with Gasteiger partial charge in [0, 0.05) is 22.1 Å². The molecule has 1 aromatic rings. The van der Waals surface area contributed by atoms with E-state index in [-0.39, 0.29) is 6.04 Å². The van der Waals surface area contributed by atoms with Crippen LogP contribution in [0.4, 0.5) is 0 Å². The van der Waals surface area contributed by atoms with Crippen LogP contribution >= 0.6 is 23.4 Å². The topological polar surface area (TPSA) is 26.0 Å². The maximum atomic E-state index is 5.82. The van der Waals surface area contributed by atoms with Crippen molar-refractivity contribution in [1.82, 2.24) is 0 Å². The molecule has 0 aromatic heterocycles. The lowest BCUT2D eigenvalue weighted by atomic mass is 10.2. The molecule has 0 radical (unpaired) electrons. The zero-order valence-electron chi connectivity index (χ0n) is 9.24. The molecule has 0 aliphatic carbocycles. The molecule has 0 saturated heterocycles. The van der Waals surface area contributed by atoms with E-state index in [2.05, 4.69) is 26.0 Å². The molecule has 15 heavy (non-hydrogen) atoms. The number of hydrogen-bond acceptors (Lipinski definition) is 2. The Bertz CT molecular complexity index is 284. The minimum atomic E-state index is 0.290. The van der Waals surface area contributed by atoms with E-state index in [4.69, 9.17) is 17.3 Å². The predicted molar refractivity (Wildman–Crippen MR) is 70.5 cm³/mol. The fourth-order valence-corrected chi connectivity index (χ4v) is 2.65. The molecule has 0 heterocycles. The SMILES string of the molecule is CC(N)CC(C)SCc1ccc(Cl)cc1. The molecule has 0 fully saturated rings. The van der Waals surface area contributed by atoms with E-state index in [1.165, 1.54) is 5.56 Å². The van der Waals surface area contributed by atoms with Crippen molar-refractivity contribution in [2.45, 2.75) is 37.3 Å². The average Bonchev–Trinajstić information content (AvgIpc) is 2.16. The Hall–Kier alpha value is -0.180. The first-order chi connectivity index (χ1) is 7.08. The Kier molecular flexibility index (Phi) is 5.51. The van der Waals surface area contributed by atoms with Crippen LogP contribution in [0.2, 0.25) is 5.02 Å². The van der Waals surface area contributed by atoms with Gasteiger partial charge in [0.1, 0.15) is 0 Å². The lowest BCUT2D eigenvalue weighted by Crippen LogP contribution is -2.19. The van der Waals surface area contributed by atoms with Crippen LogP contribution < -0.4 is 5.73 Å². The molecule has 0 aliphatic heterocycles. The fraction of sp³-hybridized carbons (Fsp3) is 0.500. The standard InChI is InChI=1S/C12H18ClNS/c1-9(14)7-10(2)15-8-11-3-5-12(13)6-4-11/h3-6,9-10H,7-8,14H2,1-2H3. The number of halogens is 1. The first-order valence-corrected chi connectivity index (χ1v) is 6.62. The van der Waals surface area contributed by atoms with Gasteiger partial charge < -0.3 is 5.73 Å². The molecular formula is C12H18ClNS. The van der Waals surface area contributed by atoms with Gasteiger partial charge in [0.15, 0.2) is 0 Å². The Labute approximate surface area is 101 Å². The molecule has 1 nitrogen and oxygen atoms in total. The highest BCUT2D eigenvalue weighted by Crippen LogP contribution is 2.21. The summed E-state index contributed by atoms with van der Waals surface area (Å²) in [5.74, 6) is 1.03. The van der Waals surface area contributed by atoms with Gasteiger partial charge in [-0.05, 0) is 31.0 Å². The smallest absolute Gasteiger partial charge is 0.0406 e. The van der Waals surface area contributed by atoms with Crippen LogP contribution in [0.1, 0.15) is 25.8 Å². The molecule has 0 spiro atoms. The maximum Gasteiger partial charge on any atom is 0.0406 e. The van der Waals surface area contributed by atoms with Gasteiger partial charge in [-0.3, -0.25) is 0 Å². The number of nitrogens with two attached hydrogens (primary N) is 1. The molecule has 0 saturated carbocycles. The van der Waals surface area contributed by atoms with Gasteiger partial charge in [-0.1, -0.05) is 30.7 Å². The number of rotatable bonds is 5. The number of hydrogen-bond donors (Lipinski definition) is 1. The zero-order valence-corrected chi connectivity index (χ0v) is 10.8. The predicted octanol–water partition coefficient (Wildman–Crippen LogP) is 3.70. The minimum absolute atomic E-state index is 0.290. The van der Waals surface area contributed by atoms with Crippen LogP contribution in [-0.4, -0.2) is 11.3 Å². The molecule has 2 atom stereocenters. The van der Waals surface area contributed by atoms with E-state index in [1.807, 2.05) is 23.9 Å². The molecule has 2 unspecified atom stereocenters. The van der Waals surface area contributed by atoms with Gasteiger partial charge in [0.05, 0.1) is 0 Å². The first-order valence-electron chi connectivity index (χ1n) is 5.19. The van der Waals surface area contributed by atoms with Crippen molar-refractivity contribution >= 4 is 23.4 Å². The second kappa shape index (κ2) is 6.41. The van der Waals surface area contributed by atoms with E-state index in [9.17, 15) is 0 Å². The van der Waals surface area contributed by atoms with Gasteiger partial charge in [-0.15, -0.1) is 0 Å². The van der Waals surface area contributed by atoms with Crippen LogP contribution in [0, 0.1) is 0 Å². The van der Waals surface area contributed by atoms with Crippen LogP contribution in [0.15, 0.2) is 24.3 Å². The summed E-state index contributed by atoms with van der Waals surface area (Å²) in [4.78, 5) is 0. The number of thioether (sulfide) groups is 1. The first kappa shape index (κ1) is 12.9. The highest BCUT2D eigenvalue weighted by Gasteiger charge is 2.05. The molecule has 84 valence electrons. The second-order valence-corrected chi connectivity index (χ2v) is 5.82. The fourth-order valence-electron chi connectivity index (χ4n) is 1.41. The van der Waals surface area contributed by atoms with E-state index < -0.39 is 0 Å². The Balaban J connectivity index is 2.33. The quantitative estimate of drug-likeness (QED) is 0.854. The summed E-state index contributed by atoms with van der Waals surface area (Å²) in [6.45, 7) is 4.28. The van der Waals surface area contributed by atoms with Gasteiger partial charge in [-0.2, -0.15) is 11.8 Å². The van der Waals surface area contributed by atoms with Gasteiger partial charge in [0.2, 0.25) is 0 Å². The Morgan fingerprint density at radius 2 is 1.87 bits per heavy atom. The van der Waals surface area contributed by atoms with Crippen LogP contribution in [-0.2, 0) is 5.75 Å². The highest BCUT2D eigenvalue weighted by atomic mass is 35.5. The molecule has 0 aliphatic rings. The van der Waals surface area contributed by atoms with E-state index in [0.717, 1.165) is 17.2 Å². The summed E-state index contributed by atoms with van der Waals surface area (Å²) in [6, 6.07) is 8.32. The van der Waals surface area contributed by atoms with Crippen molar-refractivity contribution in [1.29, 1.82) is 0 Å². The Morgan fingerprint density at radius 3 is 2.40 bits per heavy atom. The van der Waals surface area contributed by atoms with Crippen LogP contribution in [0.3, 0.4) is 0 Å². The largest absolute Gasteiger partial charge is 0.328 e. The van der Waals surface area contributed by atoms with Gasteiger partial charge in [-0.25, -0.2) is 0 Å². The summed E-state index contributed by atoms with van der Waals surface area (Å²) >= 11 is 7.76. The third kappa shape index (κ3) is 5.45. The Morgan fingerprint density at radius 1 is 1.27 bits per heavy atom. The minimum Gasteiger partial charge on any atom is -0.328 e. The normalized spacial score (nSPS) is 14.9. The van der Waals surface area contributed by atoms with Crippen molar-refractivity contribution in [3.63, 3.8) is 0 Å². The van der Waals surface area contributed by atoms with Crippen molar-refractivity contribution in [3.8, 4) is 0 Å². The summed E-state index contributed by atoms with van der Waals surface area (Å²) in [5.41, 5.74) is 7.07. The van der Waals surface area contributed by atoms with E-state index >= 15 is 0 Å². The lowest BCUT2D eigenvalue weighted by Gasteiger charge is -2.13. The molecular weight excluding hydrogens is 226 g/mol. The van der Waals surface area contributed by atoms with Crippen molar-refractivity contribution in [3.05, 3.63) is 34.9 Å². The zero-order chi connectivity index (χ0) is 11.3. The van der Waals surface area contributed by atoms with Crippen molar-refractivity contribution < 1.29 is 0 Å². The molecule has 1 aromatic carbocycles. The molecule has 3 heteroatoms.